The molecule has 1 N–H and O–H groups in total. The van der Waals surface area contributed by atoms with Gasteiger partial charge >= 0.3 is 0 Å². The Balaban J connectivity index is 1.45. The monoisotopic (exact) mass is 428 g/mol. The van der Waals surface area contributed by atoms with Gasteiger partial charge in [-0.15, -0.1) is 11.3 Å². The molecule has 0 radical (unpaired) electrons. The number of sulfonamides is 1. The average molecular weight is 429 g/mol. The van der Waals surface area contributed by atoms with E-state index in [1.54, 1.807) is 36.0 Å². The van der Waals surface area contributed by atoms with E-state index in [0.29, 0.717) is 5.69 Å². The summed E-state index contributed by atoms with van der Waals surface area (Å²) in [4.78, 5) is 9.24. The topological polar surface area (TPSA) is 76.9 Å². The van der Waals surface area contributed by atoms with Gasteiger partial charge in [-0.1, -0.05) is 23.9 Å². The van der Waals surface area contributed by atoms with Crippen molar-refractivity contribution >= 4 is 49.0 Å². The second-order valence-corrected chi connectivity index (χ2v) is 10.5. The van der Waals surface area contributed by atoms with Crippen LogP contribution < -0.4 is 4.72 Å². The summed E-state index contributed by atoms with van der Waals surface area (Å²) in [6.45, 7) is 2.87. The lowest BCUT2D eigenvalue weighted by atomic mass is 10.1. The Bertz CT molecular complexity index is 1290. The molecule has 3 heterocycles. The number of thiazole rings is 1. The van der Waals surface area contributed by atoms with Crippen molar-refractivity contribution in [3.05, 3.63) is 53.7 Å². The van der Waals surface area contributed by atoms with Crippen molar-refractivity contribution in [2.75, 3.05) is 10.5 Å². The van der Waals surface area contributed by atoms with E-state index in [-0.39, 0.29) is 4.90 Å². The third-order valence-corrected chi connectivity index (χ3v) is 7.77. The highest BCUT2D eigenvalue weighted by Gasteiger charge is 2.18. The molecular formula is C19H16N4O2S3. The minimum absolute atomic E-state index is 0.228. The Hall–Kier alpha value is -2.36. The number of fused-ring (bicyclic) bond motifs is 2. The van der Waals surface area contributed by atoms with Crippen LogP contribution in [0, 0.1) is 6.92 Å². The summed E-state index contributed by atoms with van der Waals surface area (Å²) in [6, 6.07) is 12.3. The van der Waals surface area contributed by atoms with Gasteiger partial charge in [-0.3, -0.25) is 4.72 Å². The largest absolute Gasteiger partial charge is 0.325 e. The van der Waals surface area contributed by atoms with Crippen LogP contribution in [0.25, 0.3) is 21.5 Å². The van der Waals surface area contributed by atoms with Gasteiger partial charge < -0.3 is 4.57 Å². The molecule has 1 aliphatic rings. The number of nitrogens with zero attached hydrogens (tertiary/aromatic N) is 3. The lowest BCUT2D eigenvalue weighted by Crippen LogP contribution is -2.12. The van der Waals surface area contributed by atoms with Gasteiger partial charge in [0.15, 0.2) is 5.16 Å². The van der Waals surface area contributed by atoms with E-state index in [9.17, 15) is 8.42 Å². The van der Waals surface area contributed by atoms with Gasteiger partial charge in [-0.2, -0.15) is 0 Å². The summed E-state index contributed by atoms with van der Waals surface area (Å²) < 4.78 is 31.4. The zero-order valence-corrected chi connectivity index (χ0v) is 17.4. The van der Waals surface area contributed by atoms with Crippen LogP contribution in [0.4, 0.5) is 5.69 Å². The minimum atomic E-state index is -3.69. The predicted molar refractivity (Wildman–Crippen MR) is 114 cm³/mol. The molecule has 4 aromatic rings. The van der Waals surface area contributed by atoms with Crippen LogP contribution in [0.1, 0.15) is 5.01 Å². The lowest BCUT2D eigenvalue weighted by Gasteiger charge is -2.09. The smallest absolute Gasteiger partial charge is 0.261 e. The first kappa shape index (κ1) is 17.7. The van der Waals surface area contributed by atoms with E-state index in [1.807, 2.05) is 31.3 Å². The highest BCUT2D eigenvalue weighted by atomic mass is 32.2. The molecule has 0 aliphatic carbocycles. The van der Waals surface area contributed by atoms with Gasteiger partial charge in [0.2, 0.25) is 0 Å². The average Bonchev–Trinajstić information content (AvgIpc) is 3.34. The van der Waals surface area contributed by atoms with E-state index in [0.717, 1.165) is 43.9 Å². The number of imidazole rings is 1. The summed E-state index contributed by atoms with van der Waals surface area (Å²) in [5.41, 5.74) is 3.06. The fraction of sp³-hybridized carbons (Fsp3) is 0.158. The highest BCUT2D eigenvalue weighted by molar-refractivity contribution is 7.99. The van der Waals surface area contributed by atoms with E-state index in [1.165, 1.54) is 11.3 Å². The van der Waals surface area contributed by atoms with Gasteiger partial charge in [-0.25, -0.2) is 18.4 Å². The number of nitrogens with one attached hydrogen (secondary N) is 1. The van der Waals surface area contributed by atoms with E-state index in [4.69, 9.17) is 0 Å². The van der Waals surface area contributed by atoms with Crippen LogP contribution in [0.15, 0.2) is 58.7 Å². The Morgan fingerprint density at radius 3 is 2.89 bits per heavy atom. The number of thioether (sulfide) groups is 1. The standard InChI is InChI=1S/C19H16N4O2S3/c1-12-20-16-6-5-15(10-18(16)27-12)28(24,25)22-14-4-2-3-13(9-14)17-11-23-7-8-26-19(23)21-17/h2-6,9-11,22H,7-8H2,1H3. The first-order chi connectivity index (χ1) is 13.5. The molecule has 1 aliphatic heterocycles. The summed E-state index contributed by atoms with van der Waals surface area (Å²) in [7, 11) is -3.69. The van der Waals surface area contributed by atoms with Crippen molar-refractivity contribution in [3.8, 4) is 11.3 Å². The van der Waals surface area contributed by atoms with Gasteiger partial charge in [0.05, 0.1) is 25.8 Å². The molecule has 2 aromatic carbocycles. The molecular weight excluding hydrogens is 412 g/mol. The number of rotatable bonds is 4. The summed E-state index contributed by atoms with van der Waals surface area (Å²) >= 11 is 3.22. The summed E-state index contributed by atoms with van der Waals surface area (Å²) in [5, 5.41) is 1.92. The third-order valence-electron chi connectivity index (χ3n) is 4.49. The van der Waals surface area contributed by atoms with E-state index >= 15 is 0 Å². The van der Waals surface area contributed by atoms with E-state index in [2.05, 4.69) is 19.3 Å². The maximum Gasteiger partial charge on any atom is 0.261 e. The number of aryl methyl sites for hydroxylation is 2. The van der Waals surface area contributed by atoms with Crippen LogP contribution in [-0.2, 0) is 16.6 Å². The van der Waals surface area contributed by atoms with Gasteiger partial charge in [0, 0.05) is 29.7 Å². The molecule has 142 valence electrons. The van der Waals surface area contributed by atoms with Crippen molar-refractivity contribution in [3.63, 3.8) is 0 Å². The van der Waals surface area contributed by atoms with Crippen molar-refractivity contribution in [2.45, 2.75) is 23.5 Å². The molecule has 0 spiro atoms. The number of benzene rings is 2. The number of hydrogen-bond donors (Lipinski definition) is 1. The molecule has 6 nitrogen and oxygen atoms in total. The molecule has 2 aromatic heterocycles. The summed E-state index contributed by atoms with van der Waals surface area (Å²) in [6.07, 6.45) is 2.02. The zero-order chi connectivity index (χ0) is 19.3. The first-order valence-corrected chi connectivity index (χ1v) is 12.0. The SMILES string of the molecule is Cc1nc2ccc(S(=O)(=O)Nc3cccc(-c4cn5c(n4)SCC5)c3)cc2s1. The second-order valence-electron chi connectivity index (χ2n) is 6.50. The molecule has 0 unspecified atom stereocenters. The second kappa shape index (κ2) is 6.61. The van der Waals surface area contributed by atoms with Crippen molar-refractivity contribution in [2.24, 2.45) is 0 Å². The minimum Gasteiger partial charge on any atom is -0.325 e. The molecule has 9 heteroatoms. The first-order valence-electron chi connectivity index (χ1n) is 8.68. The van der Waals surface area contributed by atoms with Crippen molar-refractivity contribution in [1.29, 1.82) is 0 Å². The van der Waals surface area contributed by atoms with Gasteiger partial charge in [0.1, 0.15) is 0 Å². The van der Waals surface area contributed by atoms with Crippen LogP contribution in [0.2, 0.25) is 0 Å². The lowest BCUT2D eigenvalue weighted by molar-refractivity contribution is 0.601. The molecule has 0 fully saturated rings. The normalized spacial score (nSPS) is 13.8. The molecule has 0 atom stereocenters. The number of hydrogen-bond acceptors (Lipinski definition) is 6. The third kappa shape index (κ3) is 3.19. The fourth-order valence-electron chi connectivity index (χ4n) is 3.19. The van der Waals surface area contributed by atoms with Gasteiger partial charge in [-0.05, 0) is 37.3 Å². The maximum absolute atomic E-state index is 12.9. The van der Waals surface area contributed by atoms with E-state index < -0.39 is 10.0 Å². The van der Waals surface area contributed by atoms with Crippen LogP contribution in [0.5, 0.6) is 0 Å². The highest BCUT2D eigenvalue weighted by Crippen LogP contribution is 2.31. The summed E-state index contributed by atoms with van der Waals surface area (Å²) in [5.74, 6) is 1.05. The van der Waals surface area contributed by atoms with Crippen LogP contribution >= 0.6 is 23.1 Å². The molecule has 5 rings (SSSR count). The molecule has 0 amide bonds. The number of anilines is 1. The van der Waals surface area contributed by atoms with Crippen LogP contribution in [-0.4, -0.2) is 28.7 Å². The number of aromatic nitrogens is 3. The van der Waals surface area contributed by atoms with Crippen molar-refractivity contribution < 1.29 is 8.42 Å². The maximum atomic E-state index is 12.9. The van der Waals surface area contributed by atoms with Crippen LogP contribution in [0.3, 0.4) is 0 Å². The molecule has 28 heavy (non-hydrogen) atoms. The Labute approximate surface area is 170 Å². The molecule has 0 bridgehead atoms. The molecule has 0 saturated heterocycles. The van der Waals surface area contributed by atoms with Gasteiger partial charge in [0.25, 0.3) is 10.0 Å². The Morgan fingerprint density at radius 1 is 1.14 bits per heavy atom. The fourth-order valence-corrected chi connectivity index (χ4v) is 6.15. The molecule has 0 saturated carbocycles. The Morgan fingerprint density at radius 2 is 2.04 bits per heavy atom. The van der Waals surface area contributed by atoms with Crippen molar-refractivity contribution in [1.82, 2.24) is 14.5 Å². The predicted octanol–water partition coefficient (Wildman–Crippen LogP) is 4.37. The quantitative estimate of drug-likeness (QED) is 0.522. The Kier molecular flexibility index (Phi) is 4.18. The zero-order valence-electron chi connectivity index (χ0n) is 14.9.